The third-order valence-electron chi connectivity index (χ3n) is 1.38. The fourth-order valence-electron chi connectivity index (χ4n) is 0.843. The highest BCUT2D eigenvalue weighted by Gasteiger charge is 2.12. The molecule has 1 amide bonds. The second kappa shape index (κ2) is 3.10. The first-order valence-electron chi connectivity index (χ1n) is 3.15. The largest absolute Gasteiger partial charge is 0.504 e. The van der Waals surface area contributed by atoms with Crippen LogP contribution in [0.2, 0.25) is 0 Å². The summed E-state index contributed by atoms with van der Waals surface area (Å²) in [6.07, 6.45) is 0. The van der Waals surface area contributed by atoms with Gasteiger partial charge >= 0.3 is 0 Å². The Morgan fingerprint density at radius 3 is 2.58 bits per heavy atom. The van der Waals surface area contributed by atoms with Crippen molar-refractivity contribution in [3.8, 4) is 11.5 Å². The van der Waals surface area contributed by atoms with Gasteiger partial charge in [0.1, 0.15) is 0 Å². The van der Waals surface area contributed by atoms with Crippen molar-refractivity contribution >= 4 is 5.91 Å². The minimum absolute atomic E-state index is 0.0532. The van der Waals surface area contributed by atoms with Crippen molar-refractivity contribution in [3.63, 3.8) is 0 Å². The Morgan fingerprint density at radius 1 is 1.50 bits per heavy atom. The molecular weight excluding hydrogens is 160 g/mol. The molecule has 0 bridgehead atoms. The lowest BCUT2D eigenvalue weighted by Gasteiger charge is -2.04. The zero-order chi connectivity index (χ0) is 9.14. The zero-order valence-electron chi connectivity index (χ0n) is 6.15. The molecule has 5 N–H and O–H groups in total. The van der Waals surface area contributed by atoms with Crippen LogP contribution in [0.25, 0.3) is 0 Å². The molecule has 0 unspecified atom stereocenters. The van der Waals surface area contributed by atoms with Crippen molar-refractivity contribution in [1.82, 2.24) is 0 Å². The van der Waals surface area contributed by atoms with E-state index in [0.29, 0.717) is 0 Å². The van der Waals surface area contributed by atoms with Gasteiger partial charge in [-0.15, -0.1) is 0 Å². The fourth-order valence-corrected chi connectivity index (χ4v) is 0.843. The van der Waals surface area contributed by atoms with Crippen molar-refractivity contribution in [3.05, 3.63) is 23.8 Å². The van der Waals surface area contributed by atoms with Gasteiger partial charge < -0.3 is 15.7 Å². The quantitative estimate of drug-likeness (QED) is 0.530. The van der Waals surface area contributed by atoms with E-state index >= 15 is 0 Å². The van der Waals surface area contributed by atoms with Crippen LogP contribution in [-0.4, -0.2) is 11.0 Å². The van der Waals surface area contributed by atoms with E-state index in [4.69, 9.17) is 16.7 Å². The normalized spacial score (nSPS) is 9.42. The summed E-state index contributed by atoms with van der Waals surface area (Å²) in [6, 6.07) is 4.22. The van der Waals surface area contributed by atoms with E-state index < -0.39 is 5.91 Å². The van der Waals surface area contributed by atoms with Crippen LogP contribution in [0.3, 0.4) is 0 Å². The topological polar surface area (TPSA) is 98.6 Å². The van der Waals surface area contributed by atoms with E-state index in [0.717, 1.165) is 0 Å². The number of phenolic OH excluding ortho intramolecular Hbond substituents is 1. The highest BCUT2D eigenvalue weighted by molar-refractivity contribution is 5.96. The molecular formula is C7H8N2O3. The van der Waals surface area contributed by atoms with Crippen LogP contribution in [0, 0.1) is 0 Å². The number of aromatic hydroxyl groups is 1. The molecule has 12 heavy (non-hydrogen) atoms. The number of nitrogens with two attached hydrogens (primary N) is 2. The number of hydrogen-bond donors (Lipinski definition) is 3. The molecule has 1 aromatic rings. The van der Waals surface area contributed by atoms with Crippen molar-refractivity contribution in [2.75, 3.05) is 0 Å². The van der Waals surface area contributed by atoms with E-state index in [1.165, 1.54) is 18.2 Å². The van der Waals surface area contributed by atoms with Crippen LogP contribution in [0.1, 0.15) is 10.4 Å². The number of amides is 1. The van der Waals surface area contributed by atoms with Crippen molar-refractivity contribution in [2.45, 2.75) is 0 Å². The highest BCUT2D eigenvalue weighted by Crippen LogP contribution is 2.28. The first kappa shape index (κ1) is 8.35. The molecule has 0 atom stereocenters. The number of hydrogen-bond acceptors (Lipinski definition) is 4. The van der Waals surface area contributed by atoms with Gasteiger partial charge in [0, 0.05) is 0 Å². The van der Waals surface area contributed by atoms with Gasteiger partial charge in [0.25, 0.3) is 5.91 Å². The number of carbonyl (C=O) groups is 1. The number of para-hydroxylation sites is 1. The summed E-state index contributed by atoms with van der Waals surface area (Å²) in [7, 11) is 0. The van der Waals surface area contributed by atoms with E-state index in [1.807, 2.05) is 0 Å². The number of benzene rings is 1. The Balaban J connectivity index is 3.27. The van der Waals surface area contributed by atoms with E-state index in [9.17, 15) is 4.79 Å². The molecule has 0 aliphatic heterocycles. The van der Waals surface area contributed by atoms with Crippen LogP contribution < -0.4 is 16.5 Å². The van der Waals surface area contributed by atoms with Gasteiger partial charge in [-0.1, -0.05) is 6.07 Å². The minimum Gasteiger partial charge on any atom is -0.504 e. The Morgan fingerprint density at radius 2 is 2.17 bits per heavy atom. The van der Waals surface area contributed by atoms with Crippen LogP contribution in [0.5, 0.6) is 11.5 Å². The third-order valence-corrected chi connectivity index (χ3v) is 1.38. The van der Waals surface area contributed by atoms with Gasteiger partial charge in [0.15, 0.2) is 5.75 Å². The maximum absolute atomic E-state index is 10.7. The average molecular weight is 168 g/mol. The number of primary amides is 1. The summed E-state index contributed by atoms with van der Waals surface area (Å²) in [5.74, 6) is 3.80. The molecule has 0 aromatic heterocycles. The van der Waals surface area contributed by atoms with E-state index in [2.05, 4.69) is 4.84 Å². The number of rotatable bonds is 2. The van der Waals surface area contributed by atoms with Crippen LogP contribution in [0.4, 0.5) is 0 Å². The van der Waals surface area contributed by atoms with E-state index in [-0.39, 0.29) is 17.1 Å². The third kappa shape index (κ3) is 1.30. The van der Waals surface area contributed by atoms with Gasteiger partial charge in [0.2, 0.25) is 5.75 Å². The molecule has 0 radical (unpaired) electrons. The molecule has 0 saturated heterocycles. The molecule has 64 valence electrons. The smallest absolute Gasteiger partial charge is 0.252 e. The SMILES string of the molecule is NOc1c(O)cccc1C(N)=O. The lowest BCUT2D eigenvalue weighted by atomic mass is 10.2. The van der Waals surface area contributed by atoms with Crippen molar-refractivity contribution in [1.29, 1.82) is 0 Å². The summed E-state index contributed by atoms with van der Waals surface area (Å²) in [4.78, 5) is 15.0. The average Bonchev–Trinajstić information content (AvgIpc) is 2.03. The lowest BCUT2D eigenvalue weighted by molar-refractivity contribution is 0.0995. The molecule has 0 fully saturated rings. The molecule has 0 saturated carbocycles. The predicted octanol–water partition coefficient (Wildman–Crippen LogP) is -0.256. The van der Waals surface area contributed by atoms with E-state index in [1.54, 1.807) is 0 Å². The van der Waals surface area contributed by atoms with Gasteiger partial charge in [-0.05, 0) is 12.1 Å². The second-order valence-electron chi connectivity index (χ2n) is 2.14. The minimum atomic E-state index is -0.702. The summed E-state index contributed by atoms with van der Waals surface area (Å²) in [5, 5.41) is 9.13. The first-order chi connectivity index (χ1) is 5.66. The molecule has 0 aliphatic rings. The lowest BCUT2D eigenvalue weighted by Crippen LogP contribution is -2.14. The van der Waals surface area contributed by atoms with Gasteiger partial charge in [-0.2, -0.15) is 5.90 Å². The van der Waals surface area contributed by atoms with Crippen molar-refractivity contribution < 1.29 is 14.7 Å². The van der Waals surface area contributed by atoms with Crippen LogP contribution in [-0.2, 0) is 0 Å². The monoisotopic (exact) mass is 168 g/mol. The summed E-state index contributed by atoms with van der Waals surface area (Å²) in [5.41, 5.74) is 5.03. The number of phenols is 1. The molecule has 1 aromatic carbocycles. The van der Waals surface area contributed by atoms with Gasteiger partial charge in [-0.25, -0.2) is 0 Å². The fraction of sp³-hybridized carbons (Fsp3) is 0. The summed E-state index contributed by atoms with van der Waals surface area (Å²) >= 11 is 0. The van der Waals surface area contributed by atoms with Gasteiger partial charge in [-0.3, -0.25) is 4.79 Å². The maximum Gasteiger partial charge on any atom is 0.252 e. The summed E-state index contributed by atoms with van der Waals surface area (Å²) < 4.78 is 0. The molecule has 5 heteroatoms. The highest BCUT2D eigenvalue weighted by atomic mass is 16.6. The molecule has 1 rings (SSSR count). The van der Waals surface area contributed by atoms with Crippen LogP contribution in [0.15, 0.2) is 18.2 Å². The van der Waals surface area contributed by atoms with Crippen LogP contribution >= 0.6 is 0 Å². The Labute approximate surface area is 68.5 Å². The standard InChI is InChI=1S/C7H8N2O3/c8-7(11)4-2-1-3-5(10)6(4)12-9/h1-3,10H,9H2,(H2,8,11). The molecule has 0 aliphatic carbocycles. The Kier molecular flexibility index (Phi) is 2.16. The Hall–Kier alpha value is -1.75. The maximum atomic E-state index is 10.7. The zero-order valence-corrected chi connectivity index (χ0v) is 6.15. The second-order valence-corrected chi connectivity index (χ2v) is 2.14. The van der Waals surface area contributed by atoms with Crippen molar-refractivity contribution in [2.24, 2.45) is 11.6 Å². The molecule has 0 spiro atoms. The predicted molar refractivity (Wildman–Crippen MR) is 41.4 cm³/mol. The number of carbonyl (C=O) groups excluding carboxylic acids is 1. The Bertz CT molecular complexity index is 312. The molecule has 5 nitrogen and oxygen atoms in total. The summed E-state index contributed by atoms with van der Waals surface area (Å²) in [6.45, 7) is 0. The van der Waals surface area contributed by atoms with Gasteiger partial charge in [0.05, 0.1) is 5.56 Å². The molecule has 0 heterocycles. The first-order valence-corrected chi connectivity index (χ1v) is 3.15.